The molecule has 6 heteroatoms. The van der Waals surface area contributed by atoms with E-state index in [1.54, 1.807) is 14.2 Å². The Bertz CT molecular complexity index is 260. The maximum atomic E-state index is 5.53. The maximum absolute atomic E-state index is 5.53. The largest absolute Gasteiger partial charge is 0.398 e. The third kappa shape index (κ3) is 5.65. The molecule has 0 aromatic heterocycles. The van der Waals surface area contributed by atoms with Crippen molar-refractivity contribution >= 4 is 16.8 Å². The van der Waals surface area contributed by atoms with Crippen LogP contribution in [0.25, 0.3) is 0 Å². The Hall–Kier alpha value is 0.274. The van der Waals surface area contributed by atoms with Crippen LogP contribution in [0.2, 0.25) is 32.2 Å². The summed E-state index contributed by atoms with van der Waals surface area (Å²) in [5, 5.41) is 0. The lowest BCUT2D eigenvalue weighted by Gasteiger charge is -2.41. The Labute approximate surface area is 121 Å². The first-order chi connectivity index (χ1) is 8.80. The normalized spacial score (nSPS) is 19.9. The van der Waals surface area contributed by atoms with Gasteiger partial charge >= 0.3 is 8.56 Å². The number of nitrogens with zero attached hydrogens (tertiary/aromatic N) is 2. The predicted octanol–water partition coefficient (Wildman–Crippen LogP) is 2.19. The maximum Gasteiger partial charge on any atom is 0.334 e. The summed E-state index contributed by atoms with van der Waals surface area (Å²) in [6.07, 6.45) is 1.19. The van der Waals surface area contributed by atoms with Crippen molar-refractivity contribution < 1.29 is 8.85 Å². The molecule has 1 rings (SSSR count). The smallest absolute Gasteiger partial charge is 0.334 e. The van der Waals surface area contributed by atoms with Gasteiger partial charge in [0.05, 0.1) is 0 Å². The summed E-state index contributed by atoms with van der Waals surface area (Å²) in [5.41, 5.74) is 0. The van der Waals surface area contributed by atoms with E-state index in [-0.39, 0.29) is 0 Å². The van der Waals surface area contributed by atoms with Crippen LogP contribution in [0.1, 0.15) is 6.42 Å². The lowest BCUT2D eigenvalue weighted by Crippen LogP contribution is -2.56. The second-order valence-corrected chi connectivity index (χ2v) is 15.2. The minimum absolute atomic E-state index is 1.09. The molecule has 0 aliphatic carbocycles. The van der Waals surface area contributed by atoms with Crippen molar-refractivity contribution in [1.82, 2.24) is 9.47 Å². The third-order valence-electron chi connectivity index (χ3n) is 4.29. The Morgan fingerprint density at radius 3 is 1.84 bits per heavy atom. The Morgan fingerprint density at radius 1 is 0.895 bits per heavy atom. The first-order valence-corrected chi connectivity index (χ1v) is 13.4. The summed E-state index contributed by atoms with van der Waals surface area (Å²) in [5.74, 6) is 0. The van der Waals surface area contributed by atoms with Gasteiger partial charge in [-0.2, -0.15) is 0 Å². The molecule has 4 nitrogen and oxygen atoms in total. The van der Waals surface area contributed by atoms with Gasteiger partial charge in [-0.1, -0.05) is 19.6 Å². The van der Waals surface area contributed by atoms with Crippen molar-refractivity contribution in [2.24, 2.45) is 0 Å². The second-order valence-electron chi connectivity index (χ2n) is 6.65. The van der Waals surface area contributed by atoms with Crippen molar-refractivity contribution in [2.45, 2.75) is 38.7 Å². The molecule has 1 aliphatic rings. The van der Waals surface area contributed by atoms with Crippen molar-refractivity contribution in [3.63, 3.8) is 0 Å². The molecule has 1 saturated heterocycles. The molecule has 0 bridgehead atoms. The van der Waals surface area contributed by atoms with Crippen LogP contribution >= 0.6 is 0 Å². The molecule has 0 saturated carbocycles. The van der Waals surface area contributed by atoms with Crippen LogP contribution < -0.4 is 0 Å². The summed E-state index contributed by atoms with van der Waals surface area (Å²) in [6, 6.07) is 1.09. The Balaban J connectivity index is 2.23. The van der Waals surface area contributed by atoms with E-state index in [9.17, 15) is 0 Å². The van der Waals surface area contributed by atoms with Gasteiger partial charge in [0.25, 0.3) is 0 Å². The van der Waals surface area contributed by atoms with Crippen LogP contribution in [0.3, 0.4) is 0 Å². The molecule has 19 heavy (non-hydrogen) atoms. The number of piperazine rings is 1. The Kier molecular flexibility index (Phi) is 6.68. The molecular formula is C13H32N2O2Si2. The van der Waals surface area contributed by atoms with E-state index in [1.165, 1.54) is 39.1 Å². The third-order valence-corrected chi connectivity index (χ3v) is 9.62. The molecule has 0 amide bonds. The molecule has 0 aromatic rings. The van der Waals surface area contributed by atoms with E-state index in [0.29, 0.717) is 0 Å². The fraction of sp³-hybridized carbons (Fsp3) is 1.00. The van der Waals surface area contributed by atoms with Gasteiger partial charge < -0.3 is 18.3 Å². The molecule has 0 radical (unpaired) electrons. The van der Waals surface area contributed by atoms with E-state index in [4.69, 9.17) is 8.85 Å². The summed E-state index contributed by atoms with van der Waals surface area (Å²) in [6.45, 7) is 15.6. The zero-order valence-corrected chi connectivity index (χ0v) is 15.7. The number of hydrogen-bond acceptors (Lipinski definition) is 4. The van der Waals surface area contributed by atoms with Crippen LogP contribution in [-0.2, 0) is 8.85 Å². The fourth-order valence-electron chi connectivity index (χ4n) is 2.55. The molecular weight excluding hydrogens is 272 g/mol. The molecule has 0 spiro atoms. The van der Waals surface area contributed by atoms with Gasteiger partial charge in [-0.15, -0.1) is 0 Å². The van der Waals surface area contributed by atoms with Crippen LogP contribution in [0.4, 0.5) is 0 Å². The first kappa shape index (κ1) is 17.3. The van der Waals surface area contributed by atoms with E-state index in [1.807, 2.05) is 0 Å². The SMILES string of the molecule is CO[Si](C)(CCCN1CCN([Si](C)(C)C)CC1)OC. The molecule has 0 unspecified atom stereocenters. The van der Waals surface area contributed by atoms with Gasteiger partial charge in [-0.05, 0) is 25.6 Å². The molecule has 0 atom stereocenters. The zero-order chi connectivity index (χ0) is 14.5. The second kappa shape index (κ2) is 7.33. The number of rotatable bonds is 7. The Morgan fingerprint density at radius 2 is 1.42 bits per heavy atom. The minimum atomic E-state index is -1.86. The van der Waals surface area contributed by atoms with E-state index in [0.717, 1.165) is 6.04 Å². The standard InChI is InChI=1S/C13H32N2O2Si2/c1-16-19(6,17-2)13-7-8-14-9-11-15(12-10-14)18(3,4)5/h7-13H2,1-6H3. The van der Waals surface area contributed by atoms with Gasteiger partial charge in [-0.25, -0.2) is 0 Å². The van der Waals surface area contributed by atoms with E-state index < -0.39 is 16.8 Å². The lowest BCUT2D eigenvalue weighted by atomic mass is 10.3. The highest BCUT2D eigenvalue weighted by molar-refractivity contribution is 6.73. The van der Waals surface area contributed by atoms with Gasteiger partial charge in [0.2, 0.25) is 0 Å². The van der Waals surface area contributed by atoms with Gasteiger partial charge in [0.1, 0.15) is 8.24 Å². The van der Waals surface area contributed by atoms with E-state index in [2.05, 4.69) is 35.7 Å². The average Bonchev–Trinajstić information content (AvgIpc) is 2.38. The van der Waals surface area contributed by atoms with Gasteiger partial charge in [0.15, 0.2) is 0 Å². The topological polar surface area (TPSA) is 24.9 Å². The average molecular weight is 305 g/mol. The predicted molar refractivity (Wildman–Crippen MR) is 86.4 cm³/mol. The summed E-state index contributed by atoms with van der Waals surface area (Å²) in [7, 11) is 0.620. The van der Waals surface area contributed by atoms with Crippen molar-refractivity contribution in [3.05, 3.63) is 0 Å². The van der Waals surface area contributed by atoms with Crippen molar-refractivity contribution in [1.29, 1.82) is 0 Å². The van der Waals surface area contributed by atoms with Gasteiger partial charge in [-0.3, -0.25) is 0 Å². The molecule has 0 N–H and O–H groups in total. The molecule has 114 valence electrons. The van der Waals surface area contributed by atoms with Gasteiger partial charge in [0, 0.05) is 40.4 Å². The summed E-state index contributed by atoms with van der Waals surface area (Å²) >= 11 is 0. The fourth-order valence-corrected chi connectivity index (χ4v) is 5.47. The lowest BCUT2D eigenvalue weighted by molar-refractivity contribution is 0.181. The number of hydrogen-bond donors (Lipinski definition) is 0. The van der Waals surface area contributed by atoms with Crippen LogP contribution in [0, 0.1) is 0 Å². The van der Waals surface area contributed by atoms with Crippen molar-refractivity contribution in [3.8, 4) is 0 Å². The van der Waals surface area contributed by atoms with Crippen molar-refractivity contribution in [2.75, 3.05) is 46.9 Å². The quantitative estimate of drug-likeness (QED) is 0.673. The molecule has 1 heterocycles. The van der Waals surface area contributed by atoms with Crippen LogP contribution in [0.5, 0.6) is 0 Å². The van der Waals surface area contributed by atoms with Crippen LogP contribution in [-0.4, -0.2) is 73.2 Å². The monoisotopic (exact) mass is 304 g/mol. The molecule has 1 fully saturated rings. The highest BCUT2D eigenvalue weighted by atomic mass is 28.4. The van der Waals surface area contributed by atoms with Crippen LogP contribution in [0.15, 0.2) is 0 Å². The molecule has 1 aliphatic heterocycles. The minimum Gasteiger partial charge on any atom is -0.398 e. The zero-order valence-electron chi connectivity index (χ0n) is 13.7. The molecule has 0 aromatic carbocycles. The van der Waals surface area contributed by atoms with E-state index >= 15 is 0 Å². The highest BCUT2D eigenvalue weighted by Crippen LogP contribution is 2.16. The summed E-state index contributed by atoms with van der Waals surface area (Å²) < 4.78 is 13.8. The summed E-state index contributed by atoms with van der Waals surface area (Å²) in [4.78, 5) is 2.59. The highest BCUT2D eigenvalue weighted by Gasteiger charge is 2.30. The first-order valence-electron chi connectivity index (χ1n) is 7.38.